The Morgan fingerprint density at radius 1 is 1.18 bits per heavy atom. The van der Waals surface area contributed by atoms with E-state index in [1.165, 1.54) is 12.3 Å². The average Bonchev–Trinajstić information content (AvgIpc) is 2.96. The summed E-state index contributed by atoms with van der Waals surface area (Å²) in [4.78, 5) is 15.7. The number of rotatable bonds is 3. The molecule has 0 radical (unpaired) electrons. The minimum absolute atomic E-state index is 0.0233. The van der Waals surface area contributed by atoms with E-state index in [9.17, 15) is 4.79 Å². The van der Waals surface area contributed by atoms with Crippen molar-refractivity contribution in [3.63, 3.8) is 0 Å². The molecule has 0 aliphatic carbocycles. The van der Waals surface area contributed by atoms with Gasteiger partial charge in [-0.2, -0.15) is 0 Å². The second-order valence-electron chi connectivity index (χ2n) is 4.38. The highest BCUT2D eigenvalue weighted by Crippen LogP contribution is 2.39. The molecule has 3 rings (SSSR count). The third-order valence-electron chi connectivity index (χ3n) is 2.89. The number of aromatic nitrogens is 1. The van der Waals surface area contributed by atoms with Gasteiger partial charge in [-0.05, 0) is 23.8 Å². The maximum atomic E-state index is 11.9. The molecule has 0 spiro atoms. The van der Waals surface area contributed by atoms with Gasteiger partial charge in [0.05, 0.1) is 15.6 Å². The first-order valence-corrected chi connectivity index (χ1v) is 7.24. The molecule has 2 heterocycles. The van der Waals surface area contributed by atoms with Gasteiger partial charge in [-0.3, -0.25) is 0 Å². The summed E-state index contributed by atoms with van der Waals surface area (Å²) >= 11 is 17.6. The Morgan fingerprint density at radius 3 is 2.77 bits per heavy atom. The summed E-state index contributed by atoms with van der Waals surface area (Å²) < 4.78 is 15.6. The van der Waals surface area contributed by atoms with E-state index in [1.54, 1.807) is 12.1 Å². The number of hydrogen-bond donors (Lipinski definition) is 0. The van der Waals surface area contributed by atoms with E-state index < -0.39 is 5.97 Å². The Bertz CT molecular complexity index is 751. The van der Waals surface area contributed by atoms with E-state index in [-0.39, 0.29) is 29.1 Å². The quantitative estimate of drug-likeness (QED) is 0.608. The van der Waals surface area contributed by atoms with Crippen molar-refractivity contribution in [2.75, 3.05) is 6.79 Å². The minimum Gasteiger partial charge on any atom is -0.457 e. The lowest BCUT2D eigenvalue weighted by molar-refractivity contribution is 0.0472. The minimum atomic E-state index is -0.570. The fourth-order valence-corrected chi connectivity index (χ4v) is 2.43. The zero-order valence-corrected chi connectivity index (χ0v) is 13.2. The lowest BCUT2D eigenvalue weighted by atomic mass is 10.2. The monoisotopic (exact) mass is 359 g/mol. The number of benzene rings is 1. The molecule has 1 aromatic heterocycles. The van der Waals surface area contributed by atoms with E-state index in [4.69, 9.17) is 49.0 Å². The number of carbonyl (C=O) groups excluding carboxylic acids is 1. The summed E-state index contributed by atoms with van der Waals surface area (Å²) in [6.45, 7) is 0.142. The van der Waals surface area contributed by atoms with Crippen LogP contribution in [0.1, 0.15) is 15.9 Å². The van der Waals surface area contributed by atoms with Crippen molar-refractivity contribution >= 4 is 40.8 Å². The van der Waals surface area contributed by atoms with E-state index in [0.717, 1.165) is 0 Å². The Morgan fingerprint density at radius 2 is 2.00 bits per heavy atom. The van der Waals surface area contributed by atoms with E-state index in [2.05, 4.69) is 4.98 Å². The number of pyridine rings is 1. The highest BCUT2D eigenvalue weighted by atomic mass is 35.5. The second kappa shape index (κ2) is 6.20. The van der Waals surface area contributed by atoms with Crippen LogP contribution in [0.25, 0.3) is 0 Å². The molecule has 114 valence electrons. The highest BCUT2D eigenvalue weighted by molar-refractivity contribution is 6.41. The van der Waals surface area contributed by atoms with Crippen molar-refractivity contribution in [2.45, 2.75) is 6.61 Å². The van der Waals surface area contributed by atoms with E-state index in [0.29, 0.717) is 22.1 Å². The van der Waals surface area contributed by atoms with Crippen LogP contribution in [0.2, 0.25) is 15.2 Å². The van der Waals surface area contributed by atoms with Gasteiger partial charge in [0.15, 0.2) is 11.5 Å². The van der Waals surface area contributed by atoms with E-state index in [1.807, 2.05) is 0 Å². The van der Waals surface area contributed by atoms with E-state index >= 15 is 0 Å². The van der Waals surface area contributed by atoms with Crippen LogP contribution < -0.4 is 9.47 Å². The molecule has 1 aliphatic rings. The molecule has 0 fully saturated rings. The number of hydrogen-bond acceptors (Lipinski definition) is 5. The van der Waals surface area contributed by atoms with Crippen LogP contribution in [0.15, 0.2) is 24.4 Å². The van der Waals surface area contributed by atoms with Crippen molar-refractivity contribution in [1.82, 2.24) is 4.98 Å². The first-order chi connectivity index (χ1) is 10.5. The van der Waals surface area contributed by atoms with Crippen LogP contribution in [0.5, 0.6) is 11.5 Å². The van der Waals surface area contributed by atoms with Crippen molar-refractivity contribution in [1.29, 1.82) is 0 Å². The number of carbonyl (C=O) groups is 1. The average molecular weight is 361 g/mol. The molecule has 0 bridgehead atoms. The molecule has 0 saturated carbocycles. The lowest BCUT2D eigenvalue weighted by Gasteiger charge is -2.07. The number of nitrogens with zero attached hydrogens (tertiary/aromatic N) is 1. The topological polar surface area (TPSA) is 57.7 Å². The molecule has 0 amide bonds. The predicted octanol–water partition coefficient (Wildman–Crippen LogP) is 4.13. The highest BCUT2D eigenvalue weighted by Gasteiger charge is 2.19. The van der Waals surface area contributed by atoms with Gasteiger partial charge in [0, 0.05) is 6.20 Å². The molecule has 0 saturated heterocycles. The van der Waals surface area contributed by atoms with Gasteiger partial charge in [-0.15, -0.1) is 0 Å². The summed E-state index contributed by atoms with van der Waals surface area (Å²) in [6.07, 6.45) is 1.29. The second-order valence-corrected chi connectivity index (χ2v) is 5.56. The lowest BCUT2D eigenvalue weighted by Crippen LogP contribution is -2.06. The molecule has 2 aromatic rings. The molecule has 1 aromatic carbocycles. The molecule has 1 aliphatic heterocycles. The third kappa shape index (κ3) is 3.06. The Hall–Kier alpha value is -1.69. The first kappa shape index (κ1) is 15.2. The maximum absolute atomic E-state index is 11.9. The fraction of sp³-hybridized carbons (Fsp3) is 0.143. The van der Waals surface area contributed by atoms with Crippen LogP contribution in [0, 0.1) is 0 Å². The summed E-state index contributed by atoms with van der Waals surface area (Å²) in [5.41, 5.74) is 0.886. The molecule has 5 nitrogen and oxygen atoms in total. The first-order valence-electron chi connectivity index (χ1n) is 6.11. The van der Waals surface area contributed by atoms with Crippen LogP contribution in [0.4, 0.5) is 0 Å². The molecular weight excluding hydrogens is 353 g/mol. The SMILES string of the molecule is O=C(OCc1cc(Cl)c2c(c1)OCO2)c1cnc(Cl)c(Cl)c1. The van der Waals surface area contributed by atoms with Crippen LogP contribution in [0.3, 0.4) is 0 Å². The molecule has 0 N–H and O–H groups in total. The van der Waals surface area contributed by atoms with Crippen LogP contribution in [-0.4, -0.2) is 17.7 Å². The zero-order valence-electron chi connectivity index (χ0n) is 10.9. The molecule has 0 unspecified atom stereocenters. The zero-order chi connectivity index (χ0) is 15.7. The number of fused-ring (bicyclic) bond motifs is 1. The van der Waals surface area contributed by atoms with Gasteiger partial charge < -0.3 is 14.2 Å². The molecule has 0 atom stereocenters. The molecule has 8 heteroatoms. The van der Waals surface area contributed by atoms with Crippen LogP contribution in [-0.2, 0) is 11.3 Å². The Kier molecular flexibility index (Phi) is 4.29. The van der Waals surface area contributed by atoms with Gasteiger partial charge in [-0.1, -0.05) is 34.8 Å². The molecular formula is C14H8Cl3NO4. The van der Waals surface area contributed by atoms with Gasteiger partial charge in [0.1, 0.15) is 11.8 Å². The third-order valence-corrected chi connectivity index (χ3v) is 3.86. The maximum Gasteiger partial charge on any atom is 0.340 e. The number of esters is 1. The summed E-state index contributed by atoms with van der Waals surface area (Å²) in [7, 11) is 0. The fourth-order valence-electron chi connectivity index (χ4n) is 1.87. The van der Waals surface area contributed by atoms with Crippen molar-refractivity contribution < 1.29 is 19.0 Å². The largest absolute Gasteiger partial charge is 0.457 e. The number of halogens is 3. The summed E-state index contributed by atoms with van der Waals surface area (Å²) in [6, 6.07) is 4.75. The van der Waals surface area contributed by atoms with Gasteiger partial charge in [0.25, 0.3) is 0 Å². The van der Waals surface area contributed by atoms with Crippen molar-refractivity contribution in [3.05, 3.63) is 50.7 Å². The van der Waals surface area contributed by atoms with Gasteiger partial charge in [0.2, 0.25) is 6.79 Å². The van der Waals surface area contributed by atoms with Crippen molar-refractivity contribution in [2.24, 2.45) is 0 Å². The van der Waals surface area contributed by atoms with Gasteiger partial charge in [-0.25, -0.2) is 9.78 Å². The van der Waals surface area contributed by atoms with Gasteiger partial charge >= 0.3 is 5.97 Å². The summed E-state index contributed by atoms with van der Waals surface area (Å²) in [5, 5.41) is 0.709. The predicted molar refractivity (Wildman–Crippen MR) is 81.0 cm³/mol. The Labute approximate surface area is 140 Å². The van der Waals surface area contributed by atoms with Crippen molar-refractivity contribution in [3.8, 4) is 11.5 Å². The molecule has 22 heavy (non-hydrogen) atoms. The van der Waals surface area contributed by atoms with Crippen LogP contribution >= 0.6 is 34.8 Å². The number of ether oxygens (including phenoxy) is 3. The normalized spacial score (nSPS) is 12.3. The smallest absolute Gasteiger partial charge is 0.340 e. The Balaban J connectivity index is 1.71. The summed E-state index contributed by atoms with van der Waals surface area (Å²) in [5.74, 6) is 0.444. The standard InChI is InChI=1S/C14H8Cl3NO4/c15-9-1-7(2-11-12(9)22-6-21-11)5-20-14(19)8-3-10(16)13(17)18-4-8/h1-4H,5-6H2.